The van der Waals surface area contributed by atoms with Gasteiger partial charge in [0.25, 0.3) is 0 Å². The molecule has 2 rings (SSSR count). The number of rotatable bonds is 0. The van der Waals surface area contributed by atoms with Crippen molar-refractivity contribution < 1.29 is 29.6 Å². The Morgan fingerprint density at radius 3 is 2.50 bits per heavy atom. The van der Waals surface area contributed by atoms with Gasteiger partial charge in [0.15, 0.2) is 0 Å². The van der Waals surface area contributed by atoms with Crippen LogP contribution in [0.3, 0.4) is 0 Å². The van der Waals surface area contributed by atoms with E-state index in [1.807, 2.05) is 12.3 Å². The first-order valence-corrected chi connectivity index (χ1v) is 3.77. The van der Waals surface area contributed by atoms with Gasteiger partial charge in [-0.2, -0.15) is 0 Å². The average Bonchev–Trinajstić information content (AvgIpc) is 2.50. The largest absolute Gasteiger partial charge is 1.00 e. The number of nitrogens with zero attached hydrogens (tertiary/aromatic N) is 1. The van der Waals surface area contributed by atoms with E-state index in [0.29, 0.717) is 0 Å². The molecule has 2 aromatic rings. The van der Waals surface area contributed by atoms with Gasteiger partial charge in [0.1, 0.15) is 0 Å². The van der Waals surface area contributed by atoms with Gasteiger partial charge in [-0.1, -0.05) is 18.2 Å². The minimum atomic E-state index is 0. The van der Waals surface area contributed by atoms with Crippen LogP contribution in [0.1, 0.15) is 5.56 Å². The predicted molar refractivity (Wildman–Crippen MR) is 52.2 cm³/mol. The molecule has 14 heavy (non-hydrogen) atoms. The Labute approximate surface area is 104 Å². The third-order valence-electron chi connectivity index (χ3n) is 1.80. The number of aromatic amines is 1. The molecule has 0 spiro atoms. The van der Waals surface area contributed by atoms with Crippen LogP contribution in [0.25, 0.3) is 10.9 Å². The second-order valence-corrected chi connectivity index (χ2v) is 2.59. The van der Waals surface area contributed by atoms with Crippen LogP contribution in [0.4, 0.5) is 0 Å². The molecule has 0 saturated heterocycles. The van der Waals surface area contributed by atoms with Crippen molar-refractivity contribution in [2.24, 2.45) is 5.34 Å². The number of fused-ring (bicyclic) bond motifs is 1. The molecule has 1 N–H and O–H groups in total. The Bertz CT molecular complexity index is 400. The minimum absolute atomic E-state index is 0. The smallest absolute Gasteiger partial charge is 0.444 e. The molecule has 4 nitrogen and oxygen atoms in total. The van der Waals surface area contributed by atoms with E-state index < -0.39 is 0 Å². The fraction of sp³-hybridized carbons (Fsp3) is 0.111. The summed E-state index contributed by atoms with van der Waals surface area (Å²) >= 11 is 0. The Hall–Kier alpha value is -0.840. The van der Waals surface area contributed by atoms with E-state index >= 15 is 0 Å². The second kappa shape index (κ2) is 6.59. The number of aromatic nitrogens is 1. The zero-order chi connectivity index (χ0) is 9.68. The van der Waals surface area contributed by atoms with Crippen LogP contribution < -0.4 is 29.6 Å². The van der Waals surface area contributed by atoms with Crippen molar-refractivity contribution in [2.45, 2.75) is 6.92 Å². The Morgan fingerprint density at radius 2 is 1.93 bits per heavy atom. The molecule has 0 aliphatic heterocycles. The van der Waals surface area contributed by atoms with E-state index in [-0.39, 0.29) is 29.6 Å². The molecule has 1 heterocycles. The first-order chi connectivity index (χ1) is 6.29. The van der Waals surface area contributed by atoms with Gasteiger partial charge in [-0.15, -0.1) is 5.34 Å². The van der Waals surface area contributed by atoms with Gasteiger partial charge in [-0.05, 0) is 18.6 Å². The Morgan fingerprint density at radius 1 is 1.36 bits per heavy atom. The summed E-state index contributed by atoms with van der Waals surface area (Å²) in [5.41, 5.74) is 2.54. The Balaban J connectivity index is 0.000000381. The minimum Gasteiger partial charge on any atom is -0.444 e. The first-order valence-electron chi connectivity index (χ1n) is 3.77. The van der Waals surface area contributed by atoms with Crippen LogP contribution in [0, 0.1) is 17.0 Å². The first kappa shape index (κ1) is 13.2. The van der Waals surface area contributed by atoms with Crippen LogP contribution in [-0.2, 0) is 0 Å². The maximum absolute atomic E-state index is 8.00. The maximum Gasteiger partial charge on any atom is 1.00 e. The third kappa shape index (κ3) is 3.14. The monoisotopic (exact) mass is 200 g/mol. The standard InChI is InChI=1S/C9H9N.HNO2.Na/c1-7-6-10-9-5-3-2-4-8(7)9;2-1-3;/h2-6,10H,1H3;(H,2,3);/q;;+1/p-1. The van der Waals surface area contributed by atoms with Gasteiger partial charge in [-0.3, -0.25) is 0 Å². The molecule has 0 amide bonds. The number of para-hydroxylation sites is 1. The van der Waals surface area contributed by atoms with E-state index in [2.05, 4.69) is 30.1 Å². The molecule has 0 aliphatic rings. The van der Waals surface area contributed by atoms with Gasteiger partial charge in [0, 0.05) is 17.1 Å². The molecule has 5 heteroatoms. The molecule has 1 aromatic carbocycles. The van der Waals surface area contributed by atoms with Gasteiger partial charge in [0.05, 0.1) is 0 Å². The summed E-state index contributed by atoms with van der Waals surface area (Å²) in [7, 11) is 0. The molecular weight excluding hydrogens is 191 g/mol. The van der Waals surface area contributed by atoms with Crippen molar-refractivity contribution in [2.75, 3.05) is 0 Å². The van der Waals surface area contributed by atoms with Gasteiger partial charge in [-0.25, -0.2) is 0 Å². The zero-order valence-corrected chi connectivity index (χ0v) is 10.2. The van der Waals surface area contributed by atoms with Crippen molar-refractivity contribution >= 4 is 10.9 Å². The molecule has 0 fully saturated rings. The van der Waals surface area contributed by atoms with Gasteiger partial charge in [0.2, 0.25) is 0 Å². The topological polar surface area (TPSA) is 68.3 Å². The molecule has 0 atom stereocenters. The molecule has 0 aliphatic carbocycles. The van der Waals surface area contributed by atoms with Crippen molar-refractivity contribution in [3.8, 4) is 0 Å². The second-order valence-electron chi connectivity index (χ2n) is 2.59. The van der Waals surface area contributed by atoms with E-state index in [1.54, 1.807) is 0 Å². The van der Waals surface area contributed by atoms with Crippen molar-refractivity contribution in [3.63, 3.8) is 0 Å². The molecule has 1 aromatic heterocycles. The SMILES string of the molecule is Cc1c[nH]c2ccccc12.O=N[O-].[Na+]. The molecule has 68 valence electrons. The van der Waals surface area contributed by atoms with E-state index in [4.69, 9.17) is 10.1 Å². The van der Waals surface area contributed by atoms with E-state index in [0.717, 1.165) is 5.34 Å². The molecule has 0 saturated carbocycles. The number of H-pyrrole nitrogens is 1. The number of aryl methyl sites for hydroxylation is 1. The summed E-state index contributed by atoms with van der Waals surface area (Å²) in [5.74, 6) is 0. The summed E-state index contributed by atoms with van der Waals surface area (Å²) in [4.78, 5) is 11.2. The molecule has 0 radical (unpaired) electrons. The number of hydrogen-bond donors (Lipinski definition) is 1. The fourth-order valence-electron chi connectivity index (χ4n) is 1.22. The van der Waals surface area contributed by atoms with Crippen molar-refractivity contribution in [3.05, 3.63) is 46.1 Å². The number of benzene rings is 1. The van der Waals surface area contributed by atoms with Crippen LogP contribution >= 0.6 is 0 Å². The summed E-state index contributed by atoms with van der Waals surface area (Å²) < 4.78 is 0. The summed E-state index contributed by atoms with van der Waals surface area (Å²) in [6.07, 6.45) is 2.03. The van der Waals surface area contributed by atoms with Crippen molar-refractivity contribution in [1.82, 2.24) is 4.98 Å². The number of nitrogens with one attached hydrogen (secondary N) is 1. The van der Waals surface area contributed by atoms with Crippen LogP contribution in [0.5, 0.6) is 0 Å². The Kier molecular flexibility index (Phi) is 6.19. The summed E-state index contributed by atoms with van der Waals surface area (Å²) in [6, 6.07) is 8.31. The van der Waals surface area contributed by atoms with Crippen molar-refractivity contribution in [1.29, 1.82) is 0 Å². The molecule has 0 bridgehead atoms. The van der Waals surface area contributed by atoms with Gasteiger partial charge < -0.3 is 15.1 Å². The summed E-state index contributed by atoms with van der Waals surface area (Å²) in [6.45, 7) is 2.11. The molecular formula is C9H9N2NaO2. The van der Waals surface area contributed by atoms with E-state index in [1.165, 1.54) is 16.5 Å². The van der Waals surface area contributed by atoms with Gasteiger partial charge >= 0.3 is 29.6 Å². The van der Waals surface area contributed by atoms with E-state index in [9.17, 15) is 0 Å². The predicted octanol–water partition coefficient (Wildman–Crippen LogP) is -0.269. The normalized spacial score (nSPS) is 8.36. The average molecular weight is 200 g/mol. The number of hydrogen-bond acceptors (Lipinski definition) is 3. The van der Waals surface area contributed by atoms with Crippen LogP contribution in [0.2, 0.25) is 0 Å². The quantitative estimate of drug-likeness (QED) is 0.361. The third-order valence-corrected chi connectivity index (χ3v) is 1.80. The van der Waals surface area contributed by atoms with Crippen LogP contribution in [-0.4, -0.2) is 4.98 Å². The summed E-state index contributed by atoms with van der Waals surface area (Å²) in [5, 5.41) is 10.3. The molecule has 0 unspecified atom stereocenters. The fourth-order valence-corrected chi connectivity index (χ4v) is 1.22. The maximum atomic E-state index is 8.00. The zero-order valence-electron chi connectivity index (χ0n) is 8.15. The van der Waals surface area contributed by atoms with Crippen LogP contribution in [0.15, 0.2) is 35.8 Å².